The highest BCUT2D eigenvalue weighted by atomic mass is 16.4. The van der Waals surface area contributed by atoms with Crippen molar-refractivity contribution in [3.8, 4) is 0 Å². The standard InChI is InChI=1S/C15H25N3O2/c1-15(2,14(16)17-20)8-9-18(10-11-19)12-13-6-4-3-5-7-13/h3-7,19-20H,8-12H2,1-2H3,(H2,16,17). The van der Waals surface area contributed by atoms with E-state index in [1.54, 1.807) is 0 Å². The van der Waals surface area contributed by atoms with E-state index >= 15 is 0 Å². The van der Waals surface area contributed by atoms with E-state index < -0.39 is 0 Å². The fourth-order valence-corrected chi connectivity index (χ4v) is 1.95. The van der Waals surface area contributed by atoms with Crippen LogP contribution in [0.1, 0.15) is 25.8 Å². The molecule has 5 heteroatoms. The molecule has 1 aromatic carbocycles. The molecule has 0 spiro atoms. The maximum atomic E-state index is 9.17. The molecule has 0 unspecified atom stereocenters. The number of nitrogens with zero attached hydrogens (tertiary/aromatic N) is 2. The second-order valence-corrected chi connectivity index (χ2v) is 5.60. The third kappa shape index (κ3) is 5.19. The molecule has 0 radical (unpaired) electrons. The highest BCUT2D eigenvalue weighted by molar-refractivity contribution is 5.85. The first-order chi connectivity index (χ1) is 9.49. The Morgan fingerprint density at radius 2 is 1.90 bits per heavy atom. The van der Waals surface area contributed by atoms with E-state index in [0.717, 1.165) is 19.5 Å². The van der Waals surface area contributed by atoms with Crippen LogP contribution in [0.25, 0.3) is 0 Å². The van der Waals surface area contributed by atoms with Gasteiger partial charge in [-0.05, 0) is 18.5 Å². The minimum atomic E-state index is -0.362. The van der Waals surface area contributed by atoms with Crippen molar-refractivity contribution in [2.45, 2.75) is 26.8 Å². The SMILES string of the molecule is CC(C)(CCN(CCO)Cc1ccccc1)C(N)=NO. The first kappa shape index (κ1) is 16.5. The fourth-order valence-electron chi connectivity index (χ4n) is 1.95. The van der Waals surface area contributed by atoms with E-state index in [9.17, 15) is 0 Å². The molecule has 0 heterocycles. The van der Waals surface area contributed by atoms with Crippen LogP contribution in [0, 0.1) is 5.41 Å². The van der Waals surface area contributed by atoms with Gasteiger partial charge in [0.05, 0.1) is 6.61 Å². The van der Waals surface area contributed by atoms with E-state index in [4.69, 9.17) is 16.0 Å². The largest absolute Gasteiger partial charge is 0.409 e. The number of aliphatic hydroxyl groups excluding tert-OH is 1. The third-order valence-electron chi connectivity index (χ3n) is 3.52. The lowest BCUT2D eigenvalue weighted by Gasteiger charge is -2.28. The van der Waals surface area contributed by atoms with E-state index in [1.807, 2.05) is 32.0 Å². The minimum Gasteiger partial charge on any atom is -0.409 e. The average Bonchev–Trinajstić information content (AvgIpc) is 2.45. The molecule has 0 fully saturated rings. The number of hydrogen-bond donors (Lipinski definition) is 3. The molecule has 112 valence electrons. The van der Waals surface area contributed by atoms with Gasteiger partial charge in [0.25, 0.3) is 0 Å². The number of aliphatic hydroxyl groups is 1. The number of oxime groups is 1. The Morgan fingerprint density at radius 3 is 2.45 bits per heavy atom. The van der Waals surface area contributed by atoms with E-state index in [2.05, 4.69) is 22.2 Å². The Morgan fingerprint density at radius 1 is 1.25 bits per heavy atom. The van der Waals surface area contributed by atoms with Gasteiger partial charge < -0.3 is 16.0 Å². The topological polar surface area (TPSA) is 82.1 Å². The fraction of sp³-hybridized carbons (Fsp3) is 0.533. The van der Waals surface area contributed by atoms with Crippen LogP contribution >= 0.6 is 0 Å². The number of nitrogens with two attached hydrogens (primary N) is 1. The molecule has 4 N–H and O–H groups in total. The molecule has 0 saturated heterocycles. The van der Waals surface area contributed by atoms with Crippen molar-refractivity contribution in [2.24, 2.45) is 16.3 Å². The summed E-state index contributed by atoms with van der Waals surface area (Å²) in [6.45, 7) is 6.19. The van der Waals surface area contributed by atoms with Gasteiger partial charge in [-0.25, -0.2) is 0 Å². The predicted octanol–water partition coefficient (Wildman–Crippen LogP) is 1.64. The maximum absolute atomic E-state index is 9.17. The Hall–Kier alpha value is -1.59. The van der Waals surface area contributed by atoms with Crippen molar-refractivity contribution in [3.63, 3.8) is 0 Å². The van der Waals surface area contributed by atoms with Crippen LogP contribution in [0.4, 0.5) is 0 Å². The van der Waals surface area contributed by atoms with Crippen LogP contribution in [0.5, 0.6) is 0 Å². The molecule has 0 saturated carbocycles. The molecule has 5 nitrogen and oxygen atoms in total. The second-order valence-electron chi connectivity index (χ2n) is 5.60. The molecule has 0 aliphatic rings. The summed E-state index contributed by atoms with van der Waals surface area (Å²) in [5.41, 5.74) is 6.54. The van der Waals surface area contributed by atoms with Gasteiger partial charge in [-0.3, -0.25) is 4.90 Å². The van der Waals surface area contributed by atoms with Crippen LogP contribution in [-0.4, -0.2) is 40.7 Å². The lowest BCUT2D eigenvalue weighted by molar-refractivity contribution is 0.177. The zero-order valence-corrected chi connectivity index (χ0v) is 12.3. The summed E-state index contributed by atoms with van der Waals surface area (Å²) in [5, 5.41) is 21.0. The molecule has 0 atom stereocenters. The predicted molar refractivity (Wildman–Crippen MR) is 80.6 cm³/mol. The van der Waals surface area contributed by atoms with Crippen molar-refractivity contribution in [2.75, 3.05) is 19.7 Å². The van der Waals surface area contributed by atoms with Crippen LogP contribution in [0.3, 0.4) is 0 Å². The minimum absolute atomic E-state index is 0.122. The van der Waals surface area contributed by atoms with Crippen LogP contribution in [0.15, 0.2) is 35.5 Å². The molecule has 0 aromatic heterocycles. The molecular weight excluding hydrogens is 254 g/mol. The number of amidine groups is 1. The lowest BCUT2D eigenvalue weighted by atomic mass is 9.88. The van der Waals surface area contributed by atoms with Crippen molar-refractivity contribution in [1.29, 1.82) is 0 Å². The monoisotopic (exact) mass is 279 g/mol. The van der Waals surface area contributed by atoms with E-state index in [0.29, 0.717) is 6.54 Å². The first-order valence-corrected chi connectivity index (χ1v) is 6.84. The van der Waals surface area contributed by atoms with Gasteiger partial charge in [-0.15, -0.1) is 0 Å². The summed E-state index contributed by atoms with van der Waals surface area (Å²) in [4.78, 5) is 2.17. The van der Waals surface area contributed by atoms with Crippen LogP contribution < -0.4 is 5.73 Å². The van der Waals surface area contributed by atoms with Gasteiger partial charge in [0.2, 0.25) is 0 Å². The molecule has 0 aliphatic carbocycles. The average molecular weight is 279 g/mol. The van der Waals surface area contributed by atoms with E-state index in [-0.39, 0.29) is 17.9 Å². The number of hydrogen-bond acceptors (Lipinski definition) is 4. The van der Waals surface area contributed by atoms with Crippen molar-refractivity contribution in [1.82, 2.24) is 4.90 Å². The third-order valence-corrected chi connectivity index (χ3v) is 3.52. The zero-order chi connectivity index (χ0) is 15.0. The van der Waals surface area contributed by atoms with Gasteiger partial charge >= 0.3 is 0 Å². The van der Waals surface area contributed by atoms with Gasteiger partial charge in [0, 0.05) is 18.5 Å². The molecule has 0 aliphatic heterocycles. The summed E-state index contributed by atoms with van der Waals surface area (Å²) in [6.07, 6.45) is 0.760. The van der Waals surface area contributed by atoms with Crippen LogP contribution in [0.2, 0.25) is 0 Å². The van der Waals surface area contributed by atoms with Crippen molar-refractivity contribution in [3.05, 3.63) is 35.9 Å². The van der Waals surface area contributed by atoms with Gasteiger partial charge in [0.1, 0.15) is 5.84 Å². The Balaban J connectivity index is 2.60. The van der Waals surface area contributed by atoms with Crippen molar-refractivity contribution >= 4 is 5.84 Å². The van der Waals surface area contributed by atoms with E-state index in [1.165, 1.54) is 5.56 Å². The van der Waals surface area contributed by atoms with Gasteiger partial charge in [-0.2, -0.15) is 0 Å². The summed E-state index contributed by atoms with van der Waals surface area (Å²) in [5.74, 6) is 0.237. The normalized spacial score (nSPS) is 12.9. The Kier molecular flexibility index (Phi) is 6.48. The molecule has 20 heavy (non-hydrogen) atoms. The molecule has 0 amide bonds. The molecule has 1 aromatic rings. The molecule has 0 bridgehead atoms. The van der Waals surface area contributed by atoms with Gasteiger partial charge in [-0.1, -0.05) is 49.3 Å². The Bertz CT molecular complexity index is 418. The molecular formula is C15H25N3O2. The lowest BCUT2D eigenvalue weighted by Crippen LogP contribution is -2.37. The first-order valence-electron chi connectivity index (χ1n) is 6.84. The zero-order valence-electron chi connectivity index (χ0n) is 12.3. The summed E-state index contributed by atoms with van der Waals surface area (Å²) in [6, 6.07) is 10.1. The number of benzene rings is 1. The van der Waals surface area contributed by atoms with Crippen LogP contribution in [-0.2, 0) is 6.54 Å². The highest BCUT2D eigenvalue weighted by Crippen LogP contribution is 2.21. The van der Waals surface area contributed by atoms with Gasteiger partial charge in [0.15, 0.2) is 0 Å². The second kappa shape index (κ2) is 7.87. The maximum Gasteiger partial charge on any atom is 0.144 e. The highest BCUT2D eigenvalue weighted by Gasteiger charge is 2.24. The smallest absolute Gasteiger partial charge is 0.144 e. The summed E-state index contributed by atoms with van der Waals surface area (Å²) >= 11 is 0. The number of rotatable bonds is 8. The quantitative estimate of drug-likeness (QED) is 0.292. The Labute approximate surface area is 120 Å². The molecule has 1 rings (SSSR count). The van der Waals surface area contributed by atoms with Crippen molar-refractivity contribution < 1.29 is 10.3 Å². The summed E-state index contributed by atoms with van der Waals surface area (Å²) in [7, 11) is 0. The summed E-state index contributed by atoms with van der Waals surface area (Å²) < 4.78 is 0.